The van der Waals surface area contributed by atoms with Crippen molar-refractivity contribution in [1.82, 2.24) is 10.8 Å². The van der Waals surface area contributed by atoms with E-state index in [0.29, 0.717) is 23.8 Å². The van der Waals surface area contributed by atoms with E-state index < -0.39 is 6.03 Å². The van der Waals surface area contributed by atoms with Crippen LogP contribution in [0.25, 0.3) is 11.1 Å². The zero-order valence-electron chi connectivity index (χ0n) is 16.6. The lowest BCUT2D eigenvalue weighted by atomic mass is 9.74. The van der Waals surface area contributed by atoms with E-state index in [1.165, 1.54) is 11.3 Å². The fraction of sp³-hybridized carbons (Fsp3) is 0.364. The molecule has 1 aliphatic carbocycles. The molecule has 30 heavy (non-hydrogen) atoms. The third kappa shape index (κ3) is 4.14. The van der Waals surface area contributed by atoms with Crippen LogP contribution in [0.4, 0.5) is 16.2 Å². The lowest BCUT2D eigenvalue weighted by molar-refractivity contribution is -0.120. The first kappa shape index (κ1) is 20.7. The molecule has 2 aromatic rings. The van der Waals surface area contributed by atoms with Crippen molar-refractivity contribution in [2.75, 3.05) is 23.3 Å². The minimum atomic E-state index is -0.451. The summed E-state index contributed by atoms with van der Waals surface area (Å²) in [6, 6.07) is 13.2. The first-order chi connectivity index (χ1) is 14.5. The van der Waals surface area contributed by atoms with Gasteiger partial charge in [-0.3, -0.25) is 15.0 Å². The van der Waals surface area contributed by atoms with Gasteiger partial charge in [0.25, 0.3) is 0 Å². The van der Waals surface area contributed by atoms with Gasteiger partial charge in [-0.1, -0.05) is 35.9 Å². The molecule has 2 fully saturated rings. The number of hydrogen-bond acceptors (Lipinski definition) is 5. The second-order valence-corrected chi connectivity index (χ2v) is 8.27. The van der Waals surface area contributed by atoms with E-state index >= 15 is 0 Å². The summed E-state index contributed by atoms with van der Waals surface area (Å²) in [6.45, 7) is 0.866. The van der Waals surface area contributed by atoms with Crippen molar-refractivity contribution >= 4 is 34.9 Å². The average molecular weight is 429 g/mol. The number of nitrogens with one attached hydrogen (secondary N) is 3. The van der Waals surface area contributed by atoms with Crippen LogP contribution in [0.1, 0.15) is 32.1 Å². The number of hydroxylamine groups is 1. The predicted molar refractivity (Wildman–Crippen MR) is 117 cm³/mol. The van der Waals surface area contributed by atoms with Gasteiger partial charge in [0, 0.05) is 36.3 Å². The van der Waals surface area contributed by atoms with Crippen molar-refractivity contribution in [1.29, 1.82) is 0 Å². The third-order valence-electron chi connectivity index (χ3n) is 5.95. The first-order valence-electron chi connectivity index (χ1n) is 10.2. The highest BCUT2D eigenvalue weighted by molar-refractivity contribution is 6.36. The molecule has 0 aromatic heterocycles. The van der Waals surface area contributed by atoms with Crippen LogP contribution >= 0.6 is 11.6 Å². The van der Waals surface area contributed by atoms with Crippen LogP contribution in [0, 0.1) is 0 Å². The Balaban J connectivity index is 1.53. The highest BCUT2D eigenvalue weighted by Crippen LogP contribution is 2.39. The van der Waals surface area contributed by atoms with Gasteiger partial charge in [0.1, 0.15) is 0 Å². The minimum absolute atomic E-state index is 0.0356. The molecule has 4 rings (SSSR count). The predicted octanol–water partition coefficient (Wildman–Crippen LogP) is 4.16. The Hall–Kier alpha value is -2.61. The molecule has 0 spiro atoms. The van der Waals surface area contributed by atoms with Crippen LogP contribution < -0.4 is 21.0 Å². The van der Waals surface area contributed by atoms with E-state index in [9.17, 15) is 9.59 Å². The molecule has 1 saturated carbocycles. The zero-order chi connectivity index (χ0) is 21.1. The van der Waals surface area contributed by atoms with Crippen LogP contribution in [0.2, 0.25) is 5.02 Å². The van der Waals surface area contributed by atoms with Gasteiger partial charge in [-0.15, -0.1) is 0 Å². The number of carbonyl (C=O) groups excluding carboxylic acids is 2. The average Bonchev–Trinajstić information content (AvgIpc) is 2.71. The second-order valence-electron chi connectivity index (χ2n) is 7.89. The Labute approximate surface area is 180 Å². The van der Waals surface area contributed by atoms with Crippen LogP contribution in [0.3, 0.4) is 0 Å². The molecule has 1 heterocycles. The van der Waals surface area contributed by atoms with Gasteiger partial charge >= 0.3 is 6.03 Å². The van der Waals surface area contributed by atoms with Gasteiger partial charge in [0.05, 0.1) is 10.7 Å². The number of amides is 3. The molecule has 0 bridgehead atoms. The largest absolute Gasteiger partial charge is 0.380 e. The number of rotatable bonds is 7. The second kappa shape index (κ2) is 8.63. The lowest BCUT2D eigenvalue weighted by Crippen LogP contribution is -2.49. The molecular formula is C22H25ClN4O3. The Morgan fingerprint density at radius 1 is 1.13 bits per heavy atom. The molecule has 0 unspecified atom stereocenters. The fourth-order valence-corrected chi connectivity index (χ4v) is 4.46. The zero-order valence-corrected chi connectivity index (χ0v) is 17.3. The van der Waals surface area contributed by atoms with Gasteiger partial charge in [-0.25, -0.2) is 10.3 Å². The standard InChI is InChI=1S/C22H25ClN4O3/c23-20-17(3-1-4-18(20)27-14-9-19(28)25-21(27)29)15-5-7-16(8-6-15)26-22(10-2-11-22)12-13-24-30/h1,3-8,24,26,30H,2,9-14H2,(H,25,28,29). The Morgan fingerprint density at radius 2 is 1.90 bits per heavy atom. The number of imide groups is 1. The van der Waals surface area contributed by atoms with E-state index in [1.807, 2.05) is 36.4 Å². The van der Waals surface area contributed by atoms with E-state index in [0.717, 1.165) is 36.1 Å². The van der Waals surface area contributed by atoms with Crippen molar-refractivity contribution in [2.24, 2.45) is 0 Å². The van der Waals surface area contributed by atoms with Crippen molar-refractivity contribution < 1.29 is 14.8 Å². The number of hydrogen-bond donors (Lipinski definition) is 4. The normalized spacial score (nSPS) is 18.0. The molecule has 0 atom stereocenters. The molecule has 2 aliphatic rings. The fourth-order valence-electron chi connectivity index (χ4n) is 4.12. The van der Waals surface area contributed by atoms with E-state index in [1.54, 1.807) is 6.07 Å². The van der Waals surface area contributed by atoms with Gasteiger partial charge in [0.2, 0.25) is 5.91 Å². The summed E-state index contributed by atoms with van der Waals surface area (Å²) < 4.78 is 0. The molecule has 2 aromatic carbocycles. The van der Waals surface area contributed by atoms with Crippen molar-refractivity contribution in [3.8, 4) is 11.1 Å². The monoisotopic (exact) mass is 428 g/mol. The van der Waals surface area contributed by atoms with Gasteiger partial charge in [-0.2, -0.15) is 0 Å². The molecule has 158 valence electrons. The maximum absolute atomic E-state index is 12.2. The summed E-state index contributed by atoms with van der Waals surface area (Å²) in [5.74, 6) is -0.273. The van der Waals surface area contributed by atoms with Crippen molar-refractivity contribution in [2.45, 2.75) is 37.6 Å². The molecule has 3 amide bonds. The lowest BCUT2D eigenvalue weighted by Gasteiger charge is -2.43. The van der Waals surface area contributed by atoms with Crippen LogP contribution in [0.15, 0.2) is 42.5 Å². The number of anilines is 2. The molecule has 4 N–H and O–H groups in total. The third-order valence-corrected chi connectivity index (χ3v) is 6.35. The summed E-state index contributed by atoms with van der Waals surface area (Å²) in [5, 5.41) is 15.3. The van der Waals surface area contributed by atoms with Crippen molar-refractivity contribution in [3.05, 3.63) is 47.5 Å². The van der Waals surface area contributed by atoms with Gasteiger partial charge in [0.15, 0.2) is 0 Å². The molecule has 1 saturated heterocycles. The van der Waals surface area contributed by atoms with Gasteiger partial charge < -0.3 is 10.5 Å². The Bertz CT molecular complexity index is 944. The quantitative estimate of drug-likeness (QED) is 0.497. The molecule has 8 heteroatoms. The van der Waals surface area contributed by atoms with Crippen LogP contribution in [0.5, 0.6) is 0 Å². The van der Waals surface area contributed by atoms with Gasteiger partial charge in [-0.05, 0) is 49.4 Å². The van der Waals surface area contributed by atoms with Crippen molar-refractivity contribution in [3.63, 3.8) is 0 Å². The summed E-state index contributed by atoms with van der Waals surface area (Å²) in [4.78, 5) is 25.1. The summed E-state index contributed by atoms with van der Waals surface area (Å²) >= 11 is 6.66. The van der Waals surface area contributed by atoms with E-state index in [4.69, 9.17) is 16.8 Å². The number of nitrogens with zero attached hydrogens (tertiary/aromatic N) is 1. The minimum Gasteiger partial charge on any atom is -0.380 e. The summed E-state index contributed by atoms with van der Waals surface area (Å²) in [7, 11) is 0. The maximum atomic E-state index is 12.2. The van der Waals surface area contributed by atoms with E-state index in [2.05, 4.69) is 16.1 Å². The summed E-state index contributed by atoms with van der Waals surface area (Å²) in [5.41, 5.74) is 5.67. The molecule has 0 radical (unpaired) electrons. The Kier molecular flexibility index (Phi) is 5.94. The molecule has 1 aliphatic heterocycles. The Morgan fingerprint density at radius 3 is 2.53 bits per heavy atom. The summed E-state index contributed by atoms with van der Waals surface area (Å²) in [6.07, 6.45) is 4.48. The number of urea groups is 1. The smallest absolute Gasteiger partial charge is 0.328 e. The topological polar surface area (TPSA) is 93.7 Å². The molecular weight excluding hydrogens is 404 g/mol. The van der Waals surface area contributed by atoms with E-state index in [-0.39, 0.29) is 17.9 Å². The first-order valence-corrected chi connectivity index (χ1v) is 10.5. The highest BCUT2D eigenvalue weighted by atomic mass is 35.5. The van der Waals surface area contributed by atoms with Crippen LogP contribution in [-0.2, 0) is 4.79 Å². The highest BCUT2D eigenvalue weighted by Gasteiger charge is 2.36. The number of carbonyl (C=O) groups is 2. The maximum Gasteiger partial charge on any atom is 0.328 e. The molecule has 7 nitrogen and oxygen atoms in total. The number of halogens is 1. The number of benzene rings is 2. The SMILES string of the molecule is O=C1CCN(c2cccc(-c3ccc(NC4(CCNO)CCC4)cc3)c2Cl)C(=O)N1. The van der Waals surface area contributed by atoms with Crippen LogP contribution in [-0.4, -0.2) is 35.8 Å².